The third kappa shape index (κ3) is 6.07. The van der Waals surface area contributed by atoms with E-state index in [0.717, 1.165) is 18.9 Å². The van der Waals surface area contributed by atoms with Gasteiger partial charge >= 0.3 is 18.4 Å². The highest BCUT2D eigenvalue weighted by Crippen LogP contribution is 2.40. The van der Waals surface area contributed by atoms with Crippen molar-refractivity contribution in [3.63, 3.8) is 0 Å². The van der Waals surface area contributed by atoms with Crippen LogP contribution in [0.3, 0.4) is 0 Å². The Morgan fingerprint density at radius 1 is 1.12 bits per heavy atom. The Morgan fingerprint density at radius 2 is 1.82 bits per heavy atom. The van der Waals surface area contributed by atoms with Crippen molar-refractivity contribution in [1.29, 1.82) is 0 Å². The Hall–Kier alpha value is -2.56. The Bertz CT molecular complexity index is 1010. The molecule has 2 heterocycles. The van der Waals surface area contributed by atoms with Crippen LogP contribution >= 0.6 is 0 Å². The number of halogens is 6. The van der Waals surface area contributed by atoms with Gasteiger partial charge in [-0.1, -0.05) is 18.6 Å². The number of pyridine rings is 1. The number of hydrogen-bond donors (Lipinski definition) is 2. The van der Waals surface area contributed by atoms with E-state index in [1.165, 1.54) is 6.07 Å². The summed E-state index contributed by atoms with van der Waals surface area (Å²) in [7, 11) is 0. The Labute approximate surface area is 186 Å². The summed E-state index contributed by atoms with van der Waals surface area (Å²) in [5, 5.41) is 5.55. The van der Waals surface area contributed by atoms with E-state index in [2.05, 4.69) is 15.6 Å². The number of benzene rings is 1. The van der Waals surface area contributed by atoms with E-state index in [1.807, 2.05) is 0 Å². The number of carbonyl (C=O) groups is 1. The van der Waals surface area contributed by atoms with Gasteiger partial charge in [0, 0.05) is 22.5 Å². The topological polar surface area (TPSA) is 63.2 Å². The lowest BCUT2D eigenvalue weighted by molar-refractivity contribution is -0.142. The molecule has 0 spiro atoms. The van der Waals surface area contributed by atoms with Crippen LogP contribution in [0, 0.1) is 0 Å². The first kappa shape index (κ1) is 25.1. The number of amides is 1. The van der Waals surface area contributed by atoms with Gasteiger partial charge in [-0.3, -0.25) is 0 Å². The molecule has 1 amide bonds. The van der Waals surface area contributed by atoms with Crippen LogP contribution in [0.2, 0.25) is 0 Å². The van der Waals surface area contributed by atoms with Gasteiger partial charge in [0.15, 0.2) is 0 Å². The molecule has 182 valence electrons. The normalized spacial score (nSPS) is 18.8. The third-order valence-corrected chi connectivity index (χ3v) is 5.20. The summed E-state index contributed by atoms with van der Waals surface area (Å²) in [6.45, 7) is 5.62. The molecular formula is C22H25F6N3O2. The minimum Gasteiger partial charge on any atom is -0.440 e. The smallest absolute Gasteiger partial charge is 0.433 e. The molecule has 2 aromatic rings. The van der Waals surface area contributed by atoms with Crippen LogP contribution in [0.5, 0.6) is 0 Å². The molecule has 0 aliphatic carbocycles. The summed E-state index contributed by atoms with van der Waals surface area (Å²) in [5.74, 6) is 0. The van der Waals surface area contributed by atoms with E-state index < -0.39 is 52.9 Å². The first-order chi connectivity index (χ1) is 15.2. The van der Waals surface area contributed by atoms with Gasteiger partial charge in [0.25, 0.3) is 0 Å². The molecular weight excluding hydrogens is 452 g/mol. The molecule has 0 radical (unpaired) electrons. The van der Waals surface area contributed by atoms with E-state index in [4.69, 9.17) is 4.74 Å². The van der Waals surface area contributed by atoms with Crippen molar-refractivity contribution in [2.24, 2.45) is 0 Å². The molecule has 2 atom stereocenters. The Morgan fingerprint density at radius 3 is 2.36 bits per heavy atom. The molecule has 1 aromatic heterocycles. The maximum atomic E-state index is 13.6. The van der Waals surface area contributed by atoms with E-state index in [0.29, 0.717) is 25.1 Å². The van der Waals surface area contributed by atoms with Crippen molar-refractivity contribution in [2.45, 2.75) is 70.1 Å². The van der Waals surface area contributed by atoms with Gasteiger partial charge in [-0.15, -0.1) is 0 Å². The lowest BCUT2D eigenvalue weighted by Gasteiger charge is -2.33. The number of fused-ring (bicyclic) bond motifs is 1. The lowest BCUT2D eigenvalue weighted by atomic mass is 9.91. The first-order valence-electron chi connectivity index (χ1n) is 10.5. The number of piperidine rings is 1. The van der Waals surface area contributed by atoms with Crippen molar-refractivity contribution < 1.29 is 35.9 Å². The molecule has 1 aliphatic heterocycles. The Balaban J connectivity index is 2.23. The molecule has 0 bridgehead atoms. The zero-order valence-corrected chi connectivity index (χ0v) is 18.3. The highest BCUT2D eigenvalue weighted by Gasteiger charge is 2.40. The summed E-state index contributed by atoms with van der Waals surface area (Å²) < 4.78 is 87.3. The number of hydrogen-bond acceptors (Lipinski definition) is 4. The fourth-order valence-corrected chi connectivity index (χ4v) is 3.83. The third-order valence-electron chi connectivity index (χ3n) is 5.20. The quantitative estimate of drug-likeness (QED) is 0.534. The summed E-state index contributed by atoms with van der Waals surface area (Å²) in [5.41, 5.74) is -4.48. The lowest BCUT2D eigenvalue weighted by Crippen LogP contribution is -2.45. The van der Waals surface area contributed by atoms with Crippen LogP contribution < -0.4 is 10.6 Å². The second-order valence-electron chi connectivity index (χ2n) is 9.05. The van der Waals surface area contributed by atoms with Crippen molar-refractivity contribution >= 4 is 17.0 Å². The molecule has 33 heavy (non-hydrogen) atoms. The molecule has 1 aliphatic rings. The van der Waals surface area contributed by atoms with Gasteiger partial charge in [0.05, 0.1) is 11.1 Å². The van der Waals surface area contributed by atoms with E-state index >= 15 is 0 Å². The zero-order valence-electron chi connectivity index (χ0n) is 18.3. The second-order valence-corrected chi connectivity index (χ2v) is 9.05. The predicted molar refractivity (Wildman–Crippen MR) is 109 cm³/mol. The van der Waals surface area contributed by atoms with Gasteiger partial charge in [-0.2, -0.15) is 26.3 Å². The molecule has 3 rings (SSSR count). The molecule has 11 heteroatoms. The van der Waals surface area contributed by atoms with Crippen molar-refractivity contribution in [1.82, 2.24) is 15.6 Å². The number of carbonyl (C=O) groups excluding carboxylic acids is 1. The summed E-state index contributed by atoms with van der Waals surface area (Å²) in [6, 6.07) is 3.14. The van der Waals surface area contributed by atoms with Crippen LogP contribution in [0.1, 0.15) is 63.0 Å². The average Bonchev–Trinajstić information content (AvgIpc) is 2.69. The van der Waals surface area contributed by atoms with E-state index in [1.54, 1.807) is 20.8 Å². The first-order valence-corrected chi connectivity index (χ1v) is 10.5. The predicted octanol–water partition coefficient (Wildman–Crippen LogP) is 5.98. The largest absolute Gasteiger partial charge is 0.440 e. The fraction of sp³-hybridized carbons (Fsp3) is 0.545. The number of nitrogens with zero attached hydrogens (tertiary/aromatic N) is 1. The number of alkyl carbamates (subject to hydrolysis) is 1. The number of ether oxygens (including phenoxy) is 1. The average molecular weight is 477 g/mol. The van der Waals surface area contributed by atoms with Crippen LogP contribution in [-0.4, -0.2) is 29.2 Å². The minimum absolute atomic E-state index is 0.154. The van der Waals surface area contributed by atoms with E-state index in [-0.39, 0.29) is 10.9 Å². The molecule has 5 nitrogen and oxygen atoms in total. The molecule has 0 unspecified atom stereocenters. The highest BCUT2D eigenvalue weighted by molar-refractivity contribution is 5.86. The second kappa shape index (κ2) is 9.00. The fourth-order valence-electron chi connectivity index (χ4n) is 3.83. The van der Waals surface area contributed by atoms with Crippen LogP contribution in [0.25, 0.3) is 10.9 Å². The van der Waals surface area contributed by atoms with Gasteiger partial charge in [-0.25, -0.2) is 9.78 Å². The number of alkyl halides is 6. The van der Waals surface area contributed by atoms with Crippen molar-refractivity contribution in [3.8, 4) is 0 Å². The molecule has 1 fully saturated rings. The van der Waals surface area contributed by atoms with Crippen molar-refractivity contribution in [2.75, 3.05) is 6.54 Å². The van der Waals surface area contributed by atoms with Crippen LogP contribution in [0.15, 0.2) is 24.3 Å². The van der Waals surface area contributed by atoms with Crippen molar-refractivity contribution in [3.05, 3.63) is 41.1 Å². The highest BCUT2D eigenvalue weighted by atomic mass is 19.4. The van der Waals surface area contributed by atoms with Gasteiger partial charge in [0.1, 0.15) is 11.8 Å². The molecule has 1 aromatic carbocycles. The maximum Gasteiger partial charge on any atom is 0.433 e. The number of rotatable bonds is 3. The molecule has 2 N–H and O–H groups in total. The van der Waals surface area contributed by atoms with Gasteiger partial charge in [-0.05, 0) is 52.3 Å². The Kier molecular flexibility index (Phi) is 6.84. The SMILES string of the molecule is CC(C)(C)NC(=O)O[C@@H](c1cc(C(F)(F)F)nc2c(C(F)(F)F)cccc12)[C@H]1CCCCN1. The van der Waals surface area contributed by atoms with Gasteiger partial charge < -0.3 is 15.4 Å². The summed E-state index contributed by atoms with van der Waals surface area (Å²) >= 11 is 0. The van der Waals surface area contributed by atoms with E-state index in [9.17, 15) is 31.1 Å². The number of nitrogens with one attached hydrogen (secondary N) is 2. The molecule has 0 saturated carbocycles. The maximum absolute atomic E-state index is 13.6. The number of para-hydroxylation sites is 1. The monoisotopic (exact) mass is 477 g/mol. The van der Waals surface area contributed by atoms with Crippen LogP contribution in [-0.2, 0) is 17.1 Å². The standard InChI is InChI=1S/C22H25F6N3O2/c1-20(2,3)31-19(32)33-18(15-9-4-5-10-29-15)13-11-16(22(26,27)28)30-17-12(13)7-6-8-14(17)21(23,24)25/h6-8,11,15,18,29H,4-5,9-10H2,1-3H3,(H,31,32)/t15-,18+/m1/s1. The summed E-state index contributed by atoms with van der Waals surface area (Å²) in [4.78, 5) is 15.9. The minimum atomic E-state index is -5.00. The van der Waals surface area contributed by atoms with Crippen LogP contribution in [0.4, 0.5) is 31.1 Å². The summed E-state index contributed by atoms with van der Waals surface area (Å²) in [6.07, 6.45) is -10.1. The zero-order chi connectivity index (χ0) is 24.6. The molecule has 1 saturated heterocycles. The number of aromatic nitrogens is 1. The van der Waals surface area contributed by atoms with Gasteiger partial charge in [0.2, 0.25) is 0 Å².